The van der Waals surface area contributed by atoms with Crippen LogP contribution in [-0.4, -0.2) is 39.7 Å². The number of ether oxygens (including phenoxy) is 3. The highest BCUT2D eigenvalue weighted by molar-refractivity contribution is 5.84. The minimum Gasteiger partial charge on any atom is -0.493 e. The zero-order valence-corrected chi connectivity index (χ0v) is 22.6. The number of amides is 2. The molecule has 9 heteroatoms. The van der Waals surface area contributed by atoms with E-state index in [4.69, 9.17) is 14.2 Å². The zero-order chi connectivity index (χ0) is 27.9. The average Bonchev–Trinajstić information content (AvgIpc) is 3.18. The number of nitrogens with one attached hydrogen (secondary N) is 3. The molecule has 39 heavy (non-hydrogen) atoms. The first kappa shape index (κ1) is 27.5. The quantitative estimate of drug-likeness (QED) is 0.387. The molecule has 0 heterocycles. The highest BCUT2D eigenvalue weighted by Crippen LogP contribution is 2.50. The predicted molar refractivity (Wildman–Crippen MR) is 149 cm³/mol. The first-order valence-electron chi connectivity index (χ1n) is 12.7. The molecule has 0 aliphatic heterocycles. The summed E-state index contributed by atoms with van der Waals surface area (Å²) in [4.78, 5) is 37.9. The van der Waals surface area contributed by atoms with Gasteiger partial charge in [-0.15, -0.1) is 0 Å². The van der Waals surface area contributed by atoms with Crippen LogP contribution in [-0.2, 0) is 22.6 Å². The molecule has 9 nitrogen and oxygen atoms in total. The van der Waals surface area contributed by atoms with Crippen molar-refractivity contribution in [3.63, 3.8) is 0 Å². The van der Waals surface area contributed by atoms with Crippen molar-refractivity contribution in [3.05, 3.63) is 81.5 Å². The summed E-state index contributed by atoms with van der Waals surface area (Å²) in [5.41, 5.74) is 4.02. The van der Waals surface area contributed by atoms with E-state index in [0.717, 1.165) is 22.3 Å². The number of hydrogen-bond acceptors (Lipinski definition) is 7. The van der Waals surface area contributed by atoms with Crippen LogP contribution in [0, 0.1) is 0 Å². The maximum absolute atomic E-state index is 13.3. The normalized spacial score (nSPS) is 13.7. The molecular weight excluding hydrogens is 498 g/mol. The highest BCUT2D eigenvalue weighted by atomic mass is 16.5. The minimum atomic E-state index is -0.409. The van der Waals surface area contributed by atoms with Crippen LogP contribution in [0.3, 0.4) is 0 Å². The third-order valence-corrected chi connectivity index (χ3v) is 6.69. The number of benzene rings is 2. The molecule has 2 amide bonds. The minimum absolute atomic E-state index is 0.0726. The molecular formula is C30H33N3O6. The van der Waals surface area contributed by atoms with Crippen LogP contribution in [0.15, 0.2) is 59.4 Å². The first-order chi connectivity index (χ1) is 18.9. The summed E-state index contributed by atoms with van der Waals surface area (Å²) >= 11 is 0. The summed E-state index contributed by atoms with van der Waals surface area (Å²) in [5.74, 6) is 0.994. The Kier molecular flexibility index (Phi) is 8.70. The summed E-state index contributed by atoms with van der Waals surface area (Å²) < 4.78 is 17.0. The van der Waals surface area contributed by atoms with Crippen LogP contribution in [0.1, 0.15) is 36.1 Å². The summed E-state index contributed by atoms with van der Waals surface area (Å²) in [7, 11) is 4.65. The van der Waals surface area contributed by atoms with Gasteiger partial charge in [-0.05, 0) is 53.3 Å². The van der Waals surface area contributed by atoms with Crippen molar-refractivity contribution in [1.29, 1.82) is 0 Å². The smallest absolute Gasteiger partial charge is 0.239 e. The van der Waals surface area contributed by atoms with Gasteiger partial charge in [-0.3, -0.25) is 14.4 Å². The third kappa shape index (κ3) is 6.14. The van der Waals surface area contributed by atoms with Gasteiger partial charge in [-0.1, -0.05) is 36.4 Å². The Hall–Kier alpha value is -4.53. The SMILES string of the molecule is COc1cc2c(c(OC)c1OC)-c1ccc(NCC(=O)NCc3ccccc3)c(=O)cc1C(NC(C)=O)CC2. The molecule has 0 bridgehead atoms. The van der Waals surface area contributed by atoms with Gasteiger partial charge in [0.2, 0.25) is 23.0 Å². The summed E-state index contributed by atoms with van der Waals surface area (Å²) in [6.07, 6.45) is 1.17. The number of aryl methyl sites for hydroxylation is 1. The molecule has 1 unspecified atom stereocenters. The van der Waals surface area contributed by atoms with Gasteiger partial charge in [-0.25, -0.2) is 0 Å². The van der Waals surface area contributed by atoms with Crippen molar-refractivity contribution in [2.24, 2.45) is 0 Å². The molecule has 4 rings (SSSR count). The van der Waals surface area contributed by atoms with Gasteiger partial charge in [0.15, 0.2) is 11.5 Å². The molecule has 0 radical (unpaired) electrons. The number of rotatable bonds is 9. The standard InChI is InChI=1S/C30H33N3O6/c1-18(34)33-23-12-10-20-14-26(37-2)29(38-3)30(39-4)28(20)21-11-13-24(25(35)15-22(21)23)31-17-27(36)32-16-19-8-6-5-7-9-19/h5-9,11,13-15,23H,10,12,16-17H2,1-4H3,(H,31,35)(H,32,36)(H,33,34). The lowest BCUT2D eigenvalue weighted by molar-refractivity contribution is -0.120. The highest BCUT2D eigenvalue weighted by Gasteiger charge is 2.29. The number of carbonyl (C=O) groups excluding carboxylic acids is 2. The van der Waals surface area contributed by atoms with E-state index >= 15 is 0 Å². The van der Waals surface area contributed by atoms with E-state index in [2.05, 4.69) is 16.0 Å². The molecule has 0 saturated heterocycles. The lowest BCUT2D eigenvalue weighted by Crippen LogP contribution is -2.30. The van der Waals surface area contributed by atoms with Crippen LogP contribution >= 0.6 is 0 Å². The van der Waals surface area contributed by atoms with E-state index in [1.807, 2.05) is 42.5 Å². The molecule has 3 N–H and O–H groups in total. The van der Waals surface area contributed by atoms with E-state index in [0.29, 0.717) is 42.2 Å². The van der Waals surface area contributed by atoms with E-state index in [1.165, 1.54) is 20.1 Å². The van der Waals surface area contributed by atoms with Crippen molar-refractivity contribution >= 4 is 17.5 Å². The van der Waals surface area contributed by atoms with Crippen LogP contribution in [0.5, 0.6) is 17.2 Å². The van der Waals surface area contributed by atoms with Crippen LogP contribution in [0.25, 0.3) is 11.1 Å². The Labute approximate surface area is 227 Å². The second-order valence-electron chi connectivity index (χ2n) is 9.21. The molecule has 204 valence electrons. The molecule has 3 aromatic carbocycles. The first-order valence-corrected chi connectivity index (χ1v) is 12.7. The van der Waals surface area contributed by atoms with E-state index in [1.54, 1.807) is 20.3 Å². The Morgan fingerprint density at radius 2 is 1.69 bits per heavy atom. The molecule has 1 aliphatic carbocycles. The van der Waals surface area contributed by atoms with E-state index in [-0.39, 0.29) is 29.5 Å². The molecule has 0 saturated carbocycles. The summed E-state index contributed by atoms with van der Waals surface area (Å²) in [6, 6.07) is 16.1. The summed E-state index contributed by atoms with van der Waals surface area (Å²) in [5, 5.41) is 8.80. The van der Waals surface area contributed by atoms with Gasteiger partial charge in [0.25, 0.3) is 0 Å². The van der Waals surface area contributed by atoms with E-state index < -0.39 is 6.04 Å². The van der Waals surface area contributed by atoms with Gasteiger partial charge in [0, 0.05) is 19.0 Å². The summed E-state index contributed by atoms with van der Waals surface area (Å²) in [6.45, 7) is 1.77. The molecule has 3 aromatic rings. The molecule has 0 spiro atoms. The monoisotopic (exact) mass is 531 g/mol. The van der Waals surface area contributed by atoms with Gasteiger partial charge >= 0.3 is 0 Å². The lowest BCUT2D eigenvalue weighted by atomic mass is 9.95. The predicted octanol–water partition coefficient (Wildman–Crippen LogP) is 3.59. The van der Waals surface area contributed by atoms with Crippen molar-refractivity contribution in [3.8, 4) is 28.4 Å². The number of carbonyl (C=O) groups is 2. The van der Waals surface area contributed by atoms with Gasteiger partial charge in [0.1, 0.15) is 0 Å². The molecule has 1 atom stereocenters. The Morgan fingerprint density at radius 3 is 2.36 bits per heavy atom. The number of hydrogen-bond donors (Lipinski definition) is 3. The van der Waals surface area contributed by atoms with Crippen LogP contribution < -0.4 is 35.6 Å². The third-order valence-electron chi connectivity index (χ3n) is 6.69. The van der Waals surface area contributed by atoms with Crippen molar-refractivity contribution in [2.75, 3.05) is 33.2 Å². The van der Waals surface area contributed by atoms with Crippen molar-refractivity contribution < 1.29 is 23.8 Å². The fourth-order valence-corrected chi connectivity index (χ4v) is 4.89. The van der Waals surface area contributed by atoms with E-state index in [9.17, 15) is 14.4 Å². The van der Waals surface area contributed by atoms with Crippen LogP contribution in [0.4, 0.5) is 5.69 Å². The fourth-order valence-electron chi connectivity index (χ4n) is 4.89. The van der Waals surface area contributed by atoms with Gasteiger partial charge in [0.05, 0.1) is 39.6 Å². The topological polar surface area (TPSA) is 115 Å². The number of fused-ring (bicyclic) bond motifs is 3. The molecule has 0 fully saturated rings. The molecule has 0 aromatic heterocycles. The van der Waals surface area contributed by atoms with Crippen molar-refractivity contribution in [1.82, 2.24) is 10.6 Å². The Bertz CT molecular complexity index is 1420. The second-order valence-corrected chi connectivity index (χ2v) is 9.21. The largest absolute Gasteiger partial charge is 0.493 e. The zero-order valence-electron chi connectivity index (χ0n) is 22.6. The van der Waals surface area contributed by atoms with Crippen LogP contribution in [0.2, 0.25) is 0 Å². The van der Waals surface area contributed by atoms with Crippen molar-refractivity contribution in [2.45, 2.75) is 32.4 Å². The van der Waals surface area contributed by atoms with Gasteiger partial charge < -0.3 is 30.2 Å². The number of anilines is 1. The Balaban J connectivity index is 1.73. The van der Waals surface area contributed by atoms with Gasteiger partial charge in [-0.2, -0.15) is 0 Å². The second kappa shape index (κ2) is 12.3. The number of methoxy groups -OCH3 is 3. The Morgan fingerprint density at radius 1 is 0.949 bits per heavy atom. The fraction of sp³-hybridized carbons (Fsp3) is 0.300. The lowest BCUT2D eigenvalue weighted by Gasteiger charge is -2.19. The maximum Gasteiger partial charge on any atom is 0.239 e. The molecule has 1 aliphatic rings. The average molecular weight is 532 g/mol. The maximum atomic E-state index is 13.3.